The quantitative estimate of drug-likeness (QED) is 0.510. The largest absolute Gasteiger partial charge is 0.473 e. The fraction of sp³-hybridized carbons (Fsp3) is 0.800. The molecule has 0 aliphatic heterocycles. The number of rotatable bonds is 6. The lowest BCUT2D eigenvalue weighted by Gasteiger charge is -2.25. The van der Waals surface area contributed by atoms with Gasteiger partial charge in [0.1, 0.15) is 0 Å². The highest BCUT2D eigenvalue weighted by molar-refractivity contribution is 4.91. The average molecular weight is 290 g/mol. The van der Waals surface area contributed by atoms with E-state index in [-0.39, 0.29) is 0 Å². The molecule has 2 aliphatic carbocycles. The first-order valence-electron chi connectivity index (χ1n) is 9.30. The van der Waals surface area contributed by atoms with Crippen molar-refractivity contribution in [2.75, 3.05) is 0 Å². The molecule has 2 aliphatic rings. The smallest absolute Gasteiger partial charge is 0.0864 e. The summed E-state index contributed by atoms with van der Waals surface area (Å²) in [6.45, 7) is 4.64. The van der Waals surface area contributed by atoms with Gasteiger partial charge in [0.05, 0.1) is 12.5 Å². The van der Waals surface area contributed by atoms with E-state index in [1.165, 1.54) is 64.2 Å². The zero-order valence-electron chi connectivity index (χ0n) is 14.1. The monoisotopic (exact) mass is 290 g/mol. The third-order valence-electron chi connectivity index (χ3n) is 5.80. The highest BCUT2D eigenvalue weighted by Gasteiger charge is 2.18. The minimum absolute atomic E-state index is 0.751. The van der Waals surface area contributed by atoms with Gasteiger partial charge in [0.2, 0.25) is 0 Å². The molecule has 2 fully saturated rings. The van der Waals surface area contributed by atoms with Gasteiger partial charge in [-0.05, 0) is 87.2 Å². The van der Waals surface area contributed by atoms with E-state index in [1.807, 2.05) is 12.5 Å². The molecular formula is C20H34O. The summed E-state index contributed by atoms with van der Waals surface area (Å²) < 4.78 is 5.58. The maximum Gasteiger partial charge on any atom is 0.0864 e. The molecule has 21 heavy (non-hydrogen) atoms. The van der Waals surface area contributed by atoms with E-state index >= 15 is 0 Å². The lowest BCUT2D eigenvalue weighted by atomic mass is 9.81. The molecule has 0 atom stereocenters. The van der Waals surface area contributed by atoms with Crippen LogP contribution in [0.15, 0.2) is 24.7 Å². The Labute approximate surface area is 131 Å². The molecule has 0 spiro atoms. The highest BCUT2D eigenvalue weighted by Crippen LogP contribution is 2.32. The van der Waals surface area contributed by atoms with Gasteiger partial charge in [-0.3, -0.25) is 0 Å². The van der Waals surface area contributed by atoms with Gasteiger partial charge in [-0.15, -0.1) is 0 Å². The van der Waals surface area contributed by atoms with Crippen LogP contribution < -0.4 is 0 Å². The summed E-state index contributed by atoms with van der Waals surface area (Å²) in [7, 11) is 0. The molecule has 0 aromatic carbocycles. The molecule has 0 aromatic rings. The first-order chi connectivity index (χ1) is 10.3. The molecule has 0 unspecified atom stereocenters. The zero-order valence-corrected chi connectivity index (χ0v) is 14.1. The van der Waals surface area contributed by atoms with Crippen molar-refractivity contribution in [3.05, 3.63) is 24.7 Å². The summed E-state index contributed by atoms with van der Waals surface area (Å²) in [5.41, 5.74) is 0. The van der Waals surface area contributed by atoms with Gasteiger partial charge in [-0.25, -0.2) is 0 Å². The van der Waals surface area contributed by atoms with Crippen molar-refractivity contribution < 1.29 is 4.74 Å². The predicted molar refractivity (Wildman–Crippen MR) is 90.8 cm³/mol. The Bertz CT molecular complexity index is 283. The van der Waals surface area contributed by atoms with Crippen molar-refractivity contribution in [1.29, 1.82) is 0 Å². The van der Waals surface area contributed by atoms with Crippen molar-refractivity contribution >= 4 is 0 Å². The first kappa shape index (κ1) is 16.6. The fourth-order valence-corrected chi connectivity index (χ4v) is 3.94. The van der Waals surface area contributed by atoms with E-state index < -0.39 is 0 Å². The molecule has 1 nitrogen and oxygen atoms in total. The van der Waals surface area contributed by atoms with Crippen molar-refractivity contribution in [3.63, 3.8) is 0 Å². The van der Waals surface area contributed by atoms with Gasteiger partial charge < -0.3 is 4.74 Å². The molecule has 0 radical (unpaired) electrons. The summed E-state index contributed by atoms with van der Waals surface area (Å²) in [5.74, 6) is 3.46. The van der Waals surface area contributed by atoms with Gasteiger partial charge in [-0.1, -0.05) is 26.7 Å². The van der Waals surface area contributed by atoms with E-state index in [0.717, 1.165) is 23.7 Å². The van der Waals surface area contributed by atoms with E-state index in [4.69, 9.17) is 4.74 Å². The third-order valence-corrected chi connectivity index (χ3v) is 5.80. The van der Waals surface area contributed by atoms with Gasteiger partial charge in [0, 0.05) is 0 Å². The van der Waals surface area contributed by atoms with Gasteiger partial charge >= 0.3 is 0 Å². The Hall–Kier alpha value is -0.720. The Kier molecular flexibility index (Phi) is 7.39. The van der Waals surface area contributed by atoms with E-state index in [9.17, 15) is 0 Å². The van der Waals surface area contributed by atoms with Crippen LogP contribution >= 0.6 is 0 Å². The molecular weight excluding hydrogens is 256 g/mol. The summed E-state index contributed by atoms with van der Waals surface area (Å²) >= 11 is 0. The van der Waals surface area contributed by atoms with Gasteiger partial charge in [0.15, 0.2) is 0 Å². The SMILES string of the molecule is CCC1CCC(C=COC=CC2CCC(CC)CC2)CC1. The van der Waals surface area contributed by atoms with Crippen LogP contribution in [0.3, 0.4) is 0 Å². The normalized spacial score (nSPS) is 34.6. The van der Waals surface area contributed by atoms with Crippen LogP contribution in [0.1, 0.15) is 78.1 Å². The van der Waals surface area contributed by atoms with Crippen LogP contribution in [0, 0.1) is 23.7 Å². The number of hydrogen-bond acceptors (Lipinski definition) is 1. The molecule has 0 heterocycles. The number of ether oxygens (including phenoxy) is 1. The summed E-state index contributed by atoms with van der Waals surface area (Å²) in [5, 5.41) is 0. The summed E-state index contributed by atoms with van der Waals surface area (Å²) in [6.07, 6.45) is 22.1. The Morgan fingerprint density at radius 2 is 1.05 bits per heavy atom. The average Bonchev–Trinajstić information content (AvgIpc) is 2.55. The summed E-state index contributed by atoms with van der Waals surface area (Å²) in [4.78, 5) is 0. The molecule has 0 N–H and O–H groups in total. The topological polar surface area (TPSA) is 9.23 Å². The van der Waals surface area contributed by atoms with Gasteiger partial charge in [-0.2, -0.15) is 0 Å². The van der Waals surface area contributed by atoms with Crippen LogP contribution in [-0.2, 0) is 4.74 Å². The Morgan fingerprint density at radius 1 is 0.667 bits per heavy atom. The second kappa shape index (κ2) is 9.33. The molecule has 0 saturated heterocycles. The molecule has 120 valence electrons. The summed E-state index contributed by atoms with van der Waals surface area (Å²) in [6, 6.07) is 0. The van der Waals surface area contributed by atoms with Crippen LogP contribution in [0.5, 0.6) is 0 Å². The van der Waals surface area contributed by atoms with Crippen molar-refractivity contribution in [3.8, 4) is 0 Å². The second-order valence-corrected chi connectivity index (χ2v) is 7.17. The Morgan fingerprint density at radius 3 is 1.38 bits per heavy atom. The van der Waals surface area contributed by atoms with Crippen LogP contribution in [-0.4, -0.2) is 0 Å². The lowest BCUT2D eigenvalue weighted by molar-refractivity contribution is 0.293. The maximum absolute atomic E-state index is 5.58. The van der Waals surface area contributed by atoms with Gasteiger partial charge in [0.25, 0.3) is 0 Å². The Balaban J connectivity index is 1.59. The number of hydrogen-bond donors (Lipinski definition) is 0. The maximum atomic E-state index is 5.58. The third kappa shape index (κ3) is 5.88. The van der Waals surface area contributed by atoms with E-state index in [0.29, 0.717) is 0 Å². The van der Waals surface area contributed by atoms with Crippen LogP contribution in [0.25, 0.3) is 0 Å². The highest BCUT2D eigenvalue weighted by atomic mass is 16.5. The standard InChI is InChI=1S/C20H34O/c1-3-17-5-9-19(10-6-17)13-15-21-16-14-20-11-7-18(4-2)8-12-20/h13-20H,3-12H2,1-2H3. The minimum Gasteiger partial charge on any atom is -0.473 e. The van der Waals surface area contributed by atoms with Crippen LogP contribution in [0.4, 0.5) is 0 Å². The predicted octanol–water partition coefficient (Wildman–Crippen LogP) is 6.46. The van der Waals surface area contributed by atoms with Crippen molar-refractivity contribution in [2.24, 2.45) is 23.7 Å². The first-order valence-corrected chi connectivity index (χ1v) is 9.30. The van der Waals surface area contributed by atoms with Crippen molar-refractivity contribution in [1.82, 2.24) is 0 Å². The molecule has 0 aromatic heterocycles. The second-order valence-electron chi connectivity index (χ2n) is 7.17. The minimum atomic E-state index is 0.751. The van der Waals surface area contributed by atoms with E-state index in [2.05, 4.69) is 26.0 Å². The van der Waals surface area contributed by atoms with Crippen molar-refractivity contribution in [2.45, 2.75) is 78.1 Å². The molecule has 0 amide bonds. The van der Waals surface area contributed by atoms with E-state index in [1.54, 1.807) is 0 Å². The fourth-order valence-electron chi connectivity index (χ4n) is 3.94. The van der Waals surface area contributed by atoms with Crippen LogP contribution in [0.2, 0.25) is 0 Å². The lowest BCUT2D eigenvalue weighted by Crippen LogP contribution is -2.12. The molecule has 1 heteroatoms. The zero-order chi connectivity index (χ0) is 14.9. The molecule has 2 saturated carbocycles. The number of allylic oxidation sites excluding steroid dienone is 2. The molecule has 0 bridgehead atoms. The molecule has 2 rings (SSSR count).